The number of benzene rings is 1. The third-order valence-electron chi connectivity index (χ3n) is 3.73. The van der Waals surface area contributed by atoms with E-state index >= 15 is 0 Å². The number of methoxy groups -OCH3 is 1. The Morgan fingerprint density at radius 3 is 2.68 bits per heavy atom. The molecule has 1 aliphatic rings. The van der Waals surface area contributed by atoms with Crippen LogP contribution in [-0.4, -0.2) is 51.8 Å². The number of ether oxygens (including phenoxy) is 2. The second-order valence-electron chi connectivity index (χ2n) is 5.36. The molecule has 1 heterocycles. The summed E-state index contributed by atoms with van der Waals surface area (Å²) in [5.41, 5.74) is 1.23. The average Bonchev–Trinajstić information content (AvgIpc) is 3.02. The predicted octanol–water partition coefficient (Wildman–Crippen LogP) is 2.36. The topological polar surface area (TPSA) is 46.1 Å². The smallest absolute Gasteiger partial charge is 0.193 e. The van der Waals surface area contributed by atoms with Gasteiger partial charge in [0.05, 0.1) is 13.7 Å². The lowest BCUT2D eigenvalue weighted by atomic mass is 10.1. The van der Waals surface area contributed by atoms with Crippen LogP contribution in [-0.2, 0) is 11.3 Å². The molecule has 1 N–H and O–H groups in total. The van der Waals surface area contributed by atoms with E-state index in [0.29, 0.717) is 5.92 Å². The number of hydrogen-bond acceptors (Lipinski definition) is 3. The summed E-state index contributed by atoms with van der Waals surface area (Å²) in [5, 5.41) is 3.43. The van der Waals surface area contributed by atoms with Gasteiger partial charge in [0.25, 0.3) is 0 Å². The van der Waals surface area contributed by atoms with Gasteiger partial charge in [-0.3, -0.25) is 4.99 Å². The molecule has 1 unspecified atom stereocenters. The number of nitrogens with zero attached hydrogens (tertiary/aromatic N) is 2. The van der Waals surface area contributed by atoms with Crippen molar-refractivity contribution in [3.8, 4) is 5.75 Å². The first kappa shape index (κ1) is 19.0. The lowest BCUT2D eigenvalue weighted by Crippen LogP contribution is -2.40. The van der Waals surface area contributed by atoms with Gasteiger partial charge in [-0.1, -0.05) is 12.1 Å². The molecule has 0 spiro atoms. The maximum atomic E-state index is 5.40. The van der Waals surface area contributed by atoms with Crippen LogP contribution in [0.2, 0.25) is 0 Å². The van der Waals surface area contributed by atoms with E-state index in [0.717, 1.165) is 44.4 Å². The zero-order valence-corrected chi connectivity index (χ0v) is 15.9. The molecule has 0 saturated carbocycles. The van der Waals surface area contributed by atoms with Crippen LogP contribution in [0.15, 0.2) is 29.3 Å². The predicted molar refractivity (Wildman–Crippen MR) is 100 cm³/mol. The van der Waals surface area contributed by atoms with Gasteiger partial charge in [-0.05, 0) is 24.1 Å². The van der Waals surface area contributed by atoms with E-state index in [1.165, 1.54) is 5.56 Å². The van der Waals surface area contributed by atoms with Gasteiger partial charge in [-0.15, -0.1) is 24.0 Å². The van der Waals surface area contributed by atoms with Crippen LogP contribution in [0.1, 0.15) is 12.0 Å². The van der Waals surface area contributed by atoms with Crippen LogP contribution in [0.25, 0.3) is 0 Å². The number of aliphatic imine (C=N–C) groups is 1. The molecule has 1 aliphatic heterocycles. The molecule has 1 saturated heterocycles. The number of rotatable bonds is 5. The van der Waals surface area contributed by atoms with Gasteiger partial charge in [-0.25, -0.2) is 0 Å². The number of nitrogens with one attached hydrogen (secondary N) is 1. The minimum Gasteiger partial charge on any atom is -0.497 e. The summed E-state index contributed by atoms with van der Waals surface area (Å²) in [7, 11) is 5.54. The molecule has 0 amide bonds. The Kier molecular flexibility index (Phi) is 8.55. The van der Waals surface area contributed by atoms with Crippen molar-refractivity contribution in [1.82, 2.24) is 10.2 Å². The van der Waals surface area contributed by atoms with Crippen molar-refractivity contribution in [3.05, 3.63) is 29.8 Å². The molecule has 6 heteroatoms. The van der Waals surface area contributed by atoms with Crippen LogP contribution >= 0.6 is 24.0 Å². The highest BCUT2D eigenvalue weighted by Gasteiger charge is 2.16. The van der Waals surface area contributed by atoms with Gasteiger partial charge in [0.15, 0.2) is 5.96 Å². The quantitative estimate of drug-likeness (QED) is 0.452. The fourth-order valence-electron chi connectivity index (χ4n) is 2.44. The molecule has 0 aliphatic carbocycles. The first-order chi connectivity index (χ1) is 10.2. The molecular formula is C16H26IN3O2. The second-order valence-corrected chi connectivity index (χ2v) is 5.36. The van der Waals surface area contributed by atoms with Crippen molar-refractivity contribution in [2.75, 3.05) is 41.0 Å². The monoisotopic (exact) mass is 419 g/mol. The van der Waals surface area contributed by atoms with Crippen LogP contribution in [0, 0.1) is 5.92 Å². The molecule has 0 radical (unpaired) electrons. The third kappa shape index (κ3) is 5.64. The van der Waals surface area contributed by atoms with Gasteiger partial charge >= 0.3 is 0 Å². The van der Waals surface area contributed by atoms with E-state index in [-0.39, 0.29) is 24.0 Å². The van der Waals surface area contributed by atoms with Gasteiger partial charge in [0.2, 0.25) is 0 Å². The van der Waals surface area contributed by atoms with Crippen molar-refractivity contribution >= 4 is 29.9 Å². The Hall–Kier alpha value is -1.02. The summed E-state index contributed by atoms with van der Waals surface area (Å²) >= 11 is 0. The number of hydrogen-bond donors (Lipinski definition) is 1. The van der Waals surface area contributed by atoms with Crippen molar-refractivity contribution in [2.24, 2.45) is 10.9 Å². The molecule has 1 fully saturated rings. The zero-order valence-electron chi connectivity index (χ0n) is 13.5. The van der Waals surface area contributed by atoms with E-state index in [1.54, 1.807) is 7.11 Å². The van der Waals surface area contributed by atoms with E-state index in [4.69, 9.17) is 9.47 Å². The number of guanidine groups is 1. The Labute approximate surface area is 150 Å². The lowest BCUT2D eigenvalue weighted by molar-refractivity contribution is 0.186. The average molecular weight is 419 g/mol. The van der Waals surface area contributed by atoms with E-state index < -0.39 is 0 Å². The van der Waals surface area contributed by atoms with Crippen molar-refractivity contribution in [2.45, 2.75) is 13.0 Å². The highest BCUT2D eigenvalue weighted by atomic mass is 127. The Morgan fingerprint density at radius 1 is 1.41 bits per heavy atom. The van der Waals surface area contributed by atoms with E-state index in [2.05, 4.69) is 27.3 Å². The Bertz CT molecular complexity index is 459. The molecule has 1 aromatic carbocycles. The summed E-state index contributed by atoms with van der Waals surface area (Å²) < 4.78 is 10.6. The van der Waals surface area contributed by atoms with E-state index in [1.807, 2.05) is 26.2 Å². The Morgan fingerprint density at radius 2 is 2.14 bits per heavy atom. The molecule has 1 aromatic rings. The fraction of sp³-hybridized carbons (Fsp3) is 0.562. The van der Waals surface area contributed by atoms with Crippen molar-refractivity contribution in [3.63, 3.8) is 0 Å². The summed E-state index contributed by atoms with van der Waals surface area (Å²) in [6, 6.07) is 8.12. The SMILES string of the molecule is CN=C(NCC1CCOC1)N(C)Cc1ccc(OC)cc1.I. The van der Waals surface area contributed by atoms with E-state index in [9.17, 15) is 0 Å². The highest BCUT2D eigenvalue weighted by molar-refractivity contribution is 14.0. The molecule has 22 heavy (non-hydrogen) atoms. The zero-order chi connectivity index (χ0) is 15.1. The second kappa shape index (κ2) is 9.89. The molecule has 0 bridgehead atoms. The molecule has 0 aromatic heterocycles. The highest BCUT2D eigenvalue weighted by Crippen LogP contribution is 2.13. The van der Waals surface area contributed by atoms with Crippen LogP contribution in [0.4, 0.5) is 0 Å². The Balaban J connectivity index is 0.00000242. The van der Waals surface area contributed by atoms with Crippen molar-refractivity contribution in [1.29, 1.82) is 0 Å². The van der Waals surface area contributed by atoms with Crippen LogP contribution < -0.4 is 10.1 Å². The summed E-state index contributed by atoms with van der Waals surface area (Å²) in [6.07, 6.45) is 1.13. The summed E-state index contributed by atoms with van der Waals surface area (Å²) in [6.45, 7) is 3.46. The summed E-state index contributed by atoms with van der Waals surface area (Å²) in [4.78, 5) is 6.47. The molecule has 1 atom stereocenters. The van der Waals surface area contributed by atoms with Gasteiger partial charge in [0.1, 0.15) is 5.75 Å². The van der Waals surface area contributed by atoms with Gasteiger partial charge in [0, 0.05) is 39.7 Å². The maximum absolute atomic E-state index is 5.40. The normalized spacial score (nSPS) is 17.8. The number of halogens is 1. The largest absolute Gasteiger partial charge is 0.497 e. The lowest BCUT2D eigenvalue weighted by Gasteiger charge is -2.23. The van der Waals surface area contributed by atoms with Crippen molar-refractivity contribution < 1.29 is 9.47 Å². The molecule has 124 valence electrons. The van der Waals surface area contributed by atoms with Gasteiger partial charge < -0.3 is 19.7 Å². The molecule has 2 rings (SSSR count). The fourth-order valence-corrected chi connectivity index (χ4v) is 2.44. The maximum Gasteiger partial charge on any atom is 0.193 e. The van der Waals surface area contributed by atoms with Crippen LogP contribution in [0.5, 0.6) is 5.75 Å². The minimum atomic E-state index is 0. The summed E-state index contributed by atoms with van der Waals surface area (Å²) in [5.74, 6) is 2.39. The van der Waals surface area contributed by atoms with Crippen LogP contribution in [0.3, 0.4) is 0 Å². The molecule has 5 nitrogen and oxygen atoms in total. The first-order valence-electron chi connectivity index (χ1n) is 7.35. The minimum absolute atomic E-state index is 0. The first-order valence-corrected chi connectivity index (χ1v) is 7.35. The van der Waals surface area contributed by atoms with Gasteiger partial charge in [-0.2, -0.15) is 0 Å². The molecular weight excluding hydrogens is 393 g/mol. The standard InChI is InChI=1S/C16H25N3O2.HI/c1-17-16(18-10-14-8-9-21-12-14)19(2)11-13-4-6-15(20-3)7-5-13;/h4-7,14H,8-12H2,1-3H3,(H,17,18);1H. The third-order valence-corrected chi connectivity index (χ3v) is 3.73.